The number of rotatable bonds is 4. The van der Waals surface area contributed by atoms with Crippen LogP contribution in [0.15, 0.2) is 22.7 Å². The van der Waals surface area contributed by atoms with E-state index < -0.39 is 0 Å². The molecule has 1 atom stereocenters. The van der Waals surface area contributed by atoms with Crippen LogP contribution in [0, 0.1) is 6.92 Å². The Labute approximate surface area is 116 Å². The lowest BCUT2D eigenvalue weighted by atomic mass is 10.2. The predicted molar refractivity (Wildman–Crippen MR) is 77.1 cm³/mol. The van der Waals surface area contributed by atoms with E-state index in [0.717, 1.165) is 29.7 Å². The Morgan fingerprint density at radius 2 is 2.33 bits per heavy atom. The molecule has 1 aromatic carbocycles. The van der Waals surface area contributed by atoms with Gasteiger partial charge < -0.3 is 10.6 Å². The van der Waals surface area contributed by atoms with Gasteiger partial charge in [-0.3, -0.25) is 4.90 Å². The SMILES string of the molecule is CNCCC1CN(c2ccc(C)cc2Br)C(=O)N1. The van der Waals surface area contributed by atoms with Crippen molar-refractivity contribution in [1.29, 1.82) is 0 Å². The maximum absolute atomic E-state index is 12.0. The van der Waals surface area contributed by atoms with Crippen LogP contribution in [0.2, 0.25) is 0 Å². The van der Waals surface area contributed by atoms with Gasteiger partial charge in [0.2, 0.25) is 0 Å². The Kier molecular flexibility index (Phi) is 4.24. The second-order valence-electron chi connectivity index (χ2n) is 4.60. The average molecular weight is 312 g/mol. The van der Waals surface area contributed by atoms with Gasteiger partial charge in [0.15, 0.2) is 0 Å². The molecular formula is C13H18BrN3O. The molecule has 1 heterocycles. The Balaban J connectivity index is 2.11. The van der Waals surface area contributed by atoms with Crippen molar-refractivity contribution in [3.63, 3.8) is 0 Å². The van der Waals surface area contributed by atoms with Gasteiger partial charge in [-0.05, 0) is 60.6 Å². The smallest absolute Gasteiger partial charge is 0.322 e. The molecule has 1 aliphatic rings. The minimum atomic E-state index is -0.0133. The third-order valence-corrected chi connectivity index (χ3v) is 3.75. The maximum Gasteiger partial charge on any atom is 0.322 e. The minimum Gasteiger partial charge on any atom is -0.333 e. The van der Waals surface area contributed by atoms with Crippen LogP contribution < -0.4 is 15.5 Å². The number of hydrogen-bond donors (Lipinski definition) is 2. The quantitative estimate of drug-likeness (QED) is 0.896. The highest BCUT2D eigenvalue weighted by molar-refractivity contribution is 9.10. The summed E-state index contributed by atoms with van der Waals surface area (Å²) in [6.07, 6.45) is 0.947. The summed E-state index contributed by atoms with van der Waals surface area (Å²) in [5.74, 6) is 0. The highest BCUT2D eigenvalue weighted by Crippen LogP contribution is 2.29. The van der Waals surface area contributed by atoms with Crippen molar-refractivity contribution in [2.24, 2.45) is 0 Å². The number of hydrogen-bond acceptors (Lipinski definition) is 2. The molecule has 1 aliphatic heterocycles. The first-order valence-corrected chi connectivity index (χ1v) is 6.90. The molecule has 1 fully saturated rings. The first kappa shape index (κ1) is 13.4. The van der Waals surface area contributed by atoms with E-state index in [2.05, 4.69) is 26.6 Å². The first-order valence-electron chi connectivity index (χ1n) is 6.10. The van der Waals surface area contributed by atoms with E-state index in [4.69, 9.17) is 0 Å². The van der Waals surface area contributed by atoms with Crippen molar-refractivity contribution in [3.05, 3.63) is 28.2 Å². The molecule has 4 nitrogen and oxygen atoms in total. The van der Waals surface area contributed by atoms with Crippen molar-refractivity contribution in [2.75, 3.05) is 25.0 Å². The summed E-state index contributed by atoms with van der Waals surface area (Å²) < 4.78 is 0.965. The molecule has 18 heavy (non-hydrogen) atoms. The molecule has 0 saturated carbocycles. The zero-order valence-electron chi connectivity index (χ0n) is 10.7. The molecule has 1 unspecified atom stereocenters. The Hall–Kier alpha value is -1.07. The molecule has 0 spiro atoms. The lowest BCUT2D eigenvalue weighted by Gasteiger charge is -2.17. The minimum absolute atomic E-state index is 0.0133. The van der Waals surface area contributed by atoms with Gasteiger partial charge in [-0.1, -0.05) is 6.07 Å². The topological polar surface area (TPSA) is 44.4 Å². The highest BCUT2D eigenvalue weighted by atomic mass is 79.9. The second kappa shape index (κ2) is 5.71. The molecule has 5 heteroatoms. The second-order valence-corrected chi connectivity index (χ2v) is 5.46. The molecule has 2 rings (SSSR count). The lowest BCUT2D eigenvalue weighted by molar-refractivity contribution is 0.250. The van der Waals surface area contributed by atoms with Gasteiger partial charge in [0, 0.05) is 17.1 Å². The number of anilines is 1. The molecule has 1 saturated heterocycles. The van der Waals surface area contributed by atoms with Crippen molar-refractivity contribution in [1.82, 2.24) is 10.6 Å². The van der Waals surface area contributed by atoms with Crippen LogP contribution in [0.1, 0.15) is 12.0 Å². The van der Waals surface area contributed by atoms with E-state index in [0.29, 0.717) is 0 Å². The third kappa shape index (κ3) is 2.84. The standard InChI is InChI=1S/C13H18BrN3O/c1-9-3-4-12(11(14)7-9)17-8-10(5-6-15-2)16-13(17)18/h3-4,7,10,15H,5-6,8H2,1-2H3,(H,16,18). The Morgan fingerprint density at radius 1 is 1.56 bits per heavy atom. The molecule has 0 aliphatic carbocycles. The normalized spacial score (nSPS) is 19.2. The van der Waals surface area contributed by atoms with Crippen LogP contribution in [-0.4, -0.2) is 32.2 Å². The van der Waals surface area contributed by atoms with E-state index in [1.54, 1.807) is 4.90 Å². The van der Waals surface area contributed by atoms with Crippen LogP contribution >= 0.6 is 15.9 Å². The van der Waals surface area contributed by atoms with Crippen molar-refractivity contribution >= 4 is 27.6 Å². The molecule has 2 N–H and O–H groups in total. The summed E-state index contributed by atoms with van der Waals surface area (Å²) in [4.78, 5) is 13.8. The average Bonchev–Trinajstić information content (AvgIpc) is 2.68. The molecule has 98 valence electrons. The highest BCUT2D eigenvalue weighted by Gasteiger charge is 2.30. The van der Waals surface area contributed by atoms with Crippen LogP contribution in [0.25, 0.3) is 0 Å². The molecular weight excluding hydrogens is 294 g/mol. The van der Waals surface area contributed by atoms with E-state index >= 15 is 0 Å². The number of urea groups is 1. The van der Waals surface area contributed by atoms with Crippen molar-refractivity contribution in [3.8, 4) is 0 Å². The van der Waals surface area contributed by atoms with Gasteiger partial charge in [0.25, 0.3) is 0 Å². The van der Waals surface area contributed by atoms with E-state index in [9.17, 15) is 4.79 Å². The number of amides is 2. The molecule has 0 bridgehead atoms. The largest absolute Gasteiger partial charge is 0.333 e. The van der Waals surface area contributed by atoms with Gasteiger partial charge in [-0.25, -0.2) is 4.79 Å². The number of carbonyl (C=O) groups is 1. The number of carbonyl (C=O) groups excluding carboxylic acids is 1. The van der Waals surface area contributed by atoms with Crippen LogP contribution in [0.3, 0.4) is 0 Å². The van der Waals surface area contributed by atoms with Gasteiger partial charge in [-0.15, -0.1) is 0 Å². The fourth-order valence-electron chi connectivity index (χ4n) is 2.12. The third-order valence-electron chi connectivity index (χ3n) is 3.11. The van der Waals surface area contributed by atoms with E-state index in [1.165, 1.54) is 5.56 Å². The maximum atomic E-state index is 12.0. The van der Waals surface area contributed by atoms with E-state index in [-0.39, 0.29) is 12.1 Å². The number of benzene rings is 1. The molecule has 0 radical (unpaired) electrons. The van der Waals surface area contributed by atoms with Gasteiger partial charge in [0.05, 0.1) is 5.69 Å². The summed E-state index contributed by atoms with van der Waals surface area (Å²) >= 11 is 3.52. The molecule has 1 aromatic rings. The first-order chi connectivity index (χ1) is 8.61. The summed E-state index contributed by atoms with van der Waals surface area (Å²) in [5.41, 5.74) is 2.11. The van der Waals surface area contributed by atoms with Crippen LogP contribution in [0.4, 0.5) is 10.5 Å². The van der Waals surface area contributed by atoms with Gasteiger partial charge >= 0.3 is 6.03 Å². The predicted octanol–water partition coefficient (Wildman–Crippen LogP) is 2.27. The van der Waals surface area contributed by atoms with Crippen molar-refractivity contribution < 1.29 is 4.79 Å². The fraction of sp³-hybridized carbons (Fsp3) is 0.462. The summed E-state index contributed by atoms with van der Waals surface area (Å²) in [6, 6.07) is 6.25. The molecule has 2 amide bonds. The Morgan fingerprint density at radius 3 is 3.00 bits per heavy atom. The van der Waals surface area contributed by atoms with E-state index in [1.807, 2.05) is 32.2 Å². The fourth-order valence-corrected chi connectivity index (χ4v) is 2.83. The van der Waals surface area contributed by atoms with Gasteiger partial charge in [-0.2, -0.15) is 0 Å². The van der Waals surface area contributed by atoms with Crippen LogP contribution in [-0.2, 0) is 0 Å². The number of halogens is 1. The number of nitrogens with one attached hydrogen (secondary N) is 2. The number of nitrogens with zero attached hydrogens (tertiary/aromatic N) is 1. The number of aryl methyl sites for hydroxylation is 1. The monoisotopic (exact) mass is 311 g/mol. The molecule has 0 aromatic heterocycles. The summed E-state index contributed by atoms with van der Waals surface area (Å²) in [6.45, 7) is 3.67. The van der Waals surface area contributed by atoms with Crippen molar-refractivity contribution in [2.45, 2.75) is 19.4 Å². The zero-order valence-corrected chi connectivity index (χ0v) is 12.3. The van der Waals surface area contributed by atoms with Crippen LogP contribution in [0.5, 0.6) is 0 Å². The zero-order chi connectivity index (χ0) is 13.1. The Bertz CT molecular complexity index is 450. The summed E-state index contributed by atoms with van der Waals surface area (Å²) in [7, 11) is 1.92. The van der Waals surface area contributed by atoms with Gasteiger partial charge in [0.1, 0.15) is 0 Å². The lowest BCUT2D eigenvalue weighted by Crippen LogP contribution is -2.30. The summed E-state index contributed by atoms with van der Waals surface area (Å²) in [5, 5.41) is 6.11.